The molecule has 7 atom stereocenters. The van der Waals surface area contributed by atoms with E-state index in [1.165, 1.54) is 11.3 Å². The third-order valence-corrected chi connectivity index (χ3v) is 8.52. The molecule has 8 heteroatoms. The zero-order valence-corrected chi connectivity index (χ0v) is 19.9. The van der Waals surface area contributed by atoms with E-state index in [2.05, 4.69) is 10.6 Å². The van der Waals surface area contributed by atoms with Crippen LogP contribution in [0.2, 0.25) is 0 Å². The first-order valence-corrected chi connectivity index (χ1v) is 12.4. The Morgan fingerprint density at radius 1 is 1.25 bits per heavy atom. The van der Waals surface area contributed by atoms with E-state index < -0.39 is 35.1 Å². The molecule has 2 bridgehead atoms. The number of likely N-dealkylation sites (tertiary alicyclic amines) is 1. The number of carbonyl (C=O) groups excluding carboxylic acids is 3. The first kappa shape index (κ1) is 23.5. The standard InChI is InChI=1S/C24H39N3O5/c1-5-11-25-20(29)17-18-22(31)27(15(3)13-28)19(21(30)26-16-9-7-6-8-10-16)24(18)12-14(2)23(17,4)32-24/h14-19,28H,5-13H2,1-4H3,(H,25,29)(H,26,30)/t14?,15-,17-,18+,19?,23+,24?/m1/s1. The molecule has 0 aromatic rings. The Balaban J connectivity index is 1.71. The maximum Gasteiger partial charge on any atom is 0.246 e. The highest BCUT2D eigenvalue weighted by atomic mass is 16.5. The third kappa shape index (κ3) is 3.36. The molecule has 4 rings (SSSR count). The summed E-state index contributed by atoms with van der Waals surface area (Å²) in [5, 5.41) is 16.1. The molecule has 3 amide bonds. The normalized spacial score (nSPS) is 39.8. The predicted molar refractivity (Wildman–Crippen MR) is 118 cm³/mol. The van der Waals surface area contributed by atoms with Crippen LogP contribution in [0.25, 0.3) is 0 Å². The van der Waals surface area contributed by atoms with Gasteiger partial charge in [0.2, 0.25) is 17.7 Å². The number of hydrogen-bond acceptors (Lipinski definition) is 5. The molecule has 3 N–H and O–H groups in total. The Bertz CT molecular complexity index is 769. The van der Waals surface area contributed by atoms with E-state index in [0.29, 0.717) is 13.0 Å². The van der Waals surface area contributed by atoms with Gasteiger partial charge in [-0.15, -0.1) is 0 Å². The van der Waals surface area contributed by atoms with Gasteiger partial charge in [-0.25, -0.2) is 0 Å². The second-order valence-corrected chi connectivity index (χ2v) is 10.6. The molecule has 0 radical (unpaired) electrons. The van der Waals surface area contributed by atoms with Crippen LogP contribution >= 0.6 is 0 Å². The summed E-state index contributed by atoms with van der Waals surface area (Å²) < 4.78 is 6.65. The lowest BCUT2D eigenvalue weighted by Crippen LogP contribution is -2.59. The van der Waals surface area contributed by atoms with Gasteiger partial charge >= 0.3 is 0 Å². The first-order valence-electron chi connectivity index (χ1n) is 12.4. The number of hydrogen-bond donors (Lipinski definition) is 3. The lowest BCUT2D eigenvalue weighted by molar-refractivity contribution is -0.150. The summed E-state index contributed by atoms with van der Waals surface area (Å²) in [6.07, 6.45) is 6.59. The van der Waals surface area contributed by atoms with E-state index in [9.17, 15) is 19.5 Å². The lowest BCUT2D eigenvalue weighted by Gasteiger charge is -2.37. The van der Waals surface area contributed by atoms with Crippen molar-refractivity contribution in [2.45, 2.75) is 102 Å². The zero-order valence-electron chi connectivity index (χ0n) is 19.9. The van der Waals surface area contributed by atoms with Crippen LogP contribution < -0.4 is 10.6 Å². The van der Waals surface area contributed by atoms with Gasteiger partial charge in [0.15, 0.2) is 0 Å². The van der Waals surface area contributed by atoms with Crippen molar-refractivity contribution in [2.24, 2.45) is 17.8 Å². The Morgan fingerprint density at radius 2 is 1.94 bits per heavy atom. The average Bonchev–Trinajstić information content (AvgIpc) is 3.29. The molecule has 32 heavy (non-hydrogen) atoms. The van der Waals surface area contributed by atoms with E-state index in [-0.39, 0.29) is 36.3 Å². The van der Waals surface area contributed by atoms with E-state index >= 15 is 0 Å². The van der Waals surface area contributed by atoms with Crippen LogP contribution in [-0.2, 0) is 19.1 Å². The molecule has 1 aliphatic carbocycles. The van der Waals surface area contributed by atoms with Crippen molar-refractivity contribution in [3.63, 3.8) is 0 Å². The maximum absolute atomic E-state index is 13.8. The Hall–Kier alpha value is -1.67. The van der Waals surface area contributed by atoms with Gasteiger partial charge in [0.25, 0.3) is 0 Å². The van der Waals surface area contributed by atoms with Crippen molar-refractivity contribution in [2.75, 3.05) is 13.2 Å². The molecule has 3 aliphatic heterocycles. The third-order valence-electron chi connectivity index (χ3n) is 8.52. The van der Waals surface area contributed by atoms with Crippen molar-refractivity contribution in [3.8, 4) is 0 Å². The minimum Gasteiger partial charge on any atom is -0.394 e. The van der Waals surface area contributed by atoms with Gasteiger partial charge in [-0.1, -0.05) is 33.1 Å². The first-order chi connectivity index (χ1) is 15.2. The Morgan fingerprint density at radius 3 is 2.56 bits per heavy atom. The topological polar surface area (TPSA) is 108 Å². The highest BCUT2D eigenvalue weighted by Gasteiger charge is 2.80. The van der Waals surface area contributed by atoms with Crippen LogP contribution in [0.5, 0.6) is 0 Å². The largest absolute Gasteiger partial charge is 0.394 e. The Labute approximate surface area is 190 Å². The van der Waals surface area contributed by atoms with Crippen molar-refractivity contribution < 1.29 is 24.2 Å². The molecule has 4 aliphatic rings. The smallest absolute Gasteiger partial charge is 0.246 e. The van der Waals surface area contributed by atoms with Gasteiger partial charge in [0, 0.05) is 12.6 Å². The summed E-state index contributed by atoms with van der Waals surface area (Å²) in [6, 6.07) is -1.27. The quantitative estimate of drug-likeness (QED) is 0.544. The molecule has 3 saturated heterocycles. The number of carbonyl (C=O) groups is 3. The molecule has 8 nitrogen and oxygen atoms in total. The second kappa shape index (κ2) is 8.60. The minimum absolute atomic E-state index is 0.0262. The maximum atomic E-state index is 13.8. The van der Waals surface area contributed by atoms with Gasteiger partial charge in [0.05, 0.1) is 30.1 Å². The zero-order chi connectivity index (χ0) is 23.3. The number of rotatable bonds is 7. The fourth-order valence-electron chi connectivity index (χ4n) is 6.82. The fourth-order valence-corrected chi connectivity index (χ4v) is 6.82. The summed E-state index contributed by atoms with van der Waals surface area (Å²) >= 11 is 0. The van der Waals surface area contributed by atoms with Gasteiger partial charge in [-0.3, -0.25) is 14.4 Å². The SMILES string of the molecule is CCCNC(=O)[C@H]1[C@H]2C(=O)N([C@H](C)CO)C(C(=O)NC3CCCCC3)C23CC(C)[C@]1(C)O3. The van der Waals surface area contributed by atoms with Crippen LogP contribution in [0.1, 0.15) is 72.6 Å². The van der Waals surface area contributed by atoms with Gasteiger partial charge in [-0.05, 0) is 45.4 Å². The molecule has 180 valence electrons. The van der Waals surface area contributed by atoms with Gasteiger partial charge < -0.3 is 25.4 Å². The van der Waals surface area contributed by atoms with E-state index in [4.69, 9.17) is 4.74 Å². The molecule has 1 spiro atoms. The summed E-state index contributed by atoms with van der Waals surface area (Å²) in [6.45, 7) is 7.99. The summed E-state index contributed by atoms with van der Waals surface area (Å²) in [5.41, 5.74) is -1.84. The van der Waals surface area contributed by atoms with Crippen LogP contribution in [0, 0.1) is 17.8 Å². The molecular formula is C24H39N3O5. The molecule has 0 aromatic heterocycles. The highest BCUT2D eigenvalue weighted by Crippen LogP contribution is 2.65. The fraction of sp³-hybridized carbons (Fsp3) is 0.875. The number of ether oxygens (including phenoxy) is 1. The monoisotopic (exact) mass is 449 g/mol. The molecule has 3 unspecified atom stereocenters. The number of nitrogens with one attached hydrogen (secondary N) is 2. The molecule has 3 heterocycles. The van der Waals surface area contributed by atoms with Crippen molar-refractivity contribution >= 4 is 17.7 Å². The molecule has 4 fully saturated rings. The van der Waals surface area contributed by atoms with Crippen LogP contribution in [0.4, 0.5) is 0 Å². The van der Waals surface area contributed by atoms with Crippen molar-refractivity contribution in [1.82, 2.24) is 15.5 Å². The molecular weight excluding hydrogens is 410 g/mol. The number of amides is 3. The van der Waals surface area contributed by atoms with Crippen LogP contribution in [-0.4, -0.2) is 70.2 Å². The van der Waals surface area contributed by atoms with Crippen LogP contribution in [0.3, 0.4) is 0 Å². The number of fused-ring (bicyclic) bond motifs is 1. The summed E-state index contributed by atoms with van der Waals surface area (Å²) in [5.74, 6) is -1.96. The number of aliphatic hydroxyl groups excluding tert-OH is 1. The highest BCUT2D eigenvalue weighted by molar-refractivity contribution is 5.99. The van der Waals surface area contributed by atoms with Gasteiger partial charge in [0.1, 0.15) is 11.6 Å². The number of aliphatic hydroxyl groups is 1. The van der Waals surface area contributed by atoms with E-state index in [1.54, 1.807) is 6.92 Å². The minimum atomic E-state index is -1.04. The average molecular weight is 450 g/mol. The summed E-state index contributed by atoms with van der Waals surface area (Å²) in [4.78, 5) is 42.3. The van der Waals surface area contributed by atoms with Gasteiger partial charge in [-0.2, -0.15) is 0 Å². The van der Waals surface area contributed by atoms with E-state index in [0.717, 1.165) is 32.1 Å². The molecule has 0 aromatic carbocycles. The lowest BCUT2D eigenvalue weighted by atomic mass is 9.62. The van der Waals surface area contributed by atoms with Crippen molar-refractivity contribution in [3.05, 3.63) is 0 Å². The Kier molecular flexibility index (Phi) is 6.31. The van der Waals surface area contributed by atoms with E-state index in [1.807, 2.05) is 20.8 Å². The second-order valence-electron chi connectivity index (χ2n) is 10.6. The number of nitrogens with zero attached hydrogens (tertiary/aromatic N) is 1. The van der Waals surface area contributed by atoms with Crippen LogP contribution in [0.15, 0.2) is 0 Å². The summed E-state index contributed by atoms with van der Waals surface area (Å²) in [7, 11) is 0. The molecule has 1 saturated carbocycles. The van der Waals surface area contributed by atoms with Crippen molar-refractivity contribution in [1.29, 1.82) is 0 Å². The predicted octanol–water partition coefficient (Wildman–Crippen LogP) is 1.35.